The summed E-state index contributed by atoms with van der Waals surface area (Å²) in [5.74, 6) is 0. The van der Waals surface area contributed by atoms with Gasteiger partial charge in [0.15, 0.2) is 0 Å². The number of hydrogen-bond donors (Lipinski definition) is 0. The van der Waals surface area contributed by atoms with E-state index in [0.29, 0.717) is 0 Å². The van der Waals surface area contributed by atoms with E-state index in [0.717, 1.165) is 0 Å². The van der Waals surface area contributed by atoms with Gasteiger partial charge in [0, 0.05) is 21.4 Å². The van der Waals surface area contributed by atoms with Crippen LogP contribution < -0.4 is 24.0 Å². The third kappa shape index (κ3) is 29.4. The minimum Gasteiger partial charge on any atom is -1.00 e. The number of halogens is 3. The Labute approximate surface area is 212 Å². The van der Waals surface area contributed by atoms with Crippen molar-refractivity contribution in [3.8, 4) is 0 Å². The van der Waals surface area contributed by atoms with Gasteiger partial charge < -0.3 is 33.4 Å². The monoisotopic (exact) mass is 588 g/mol. The van der Waals surface area contributed by atoms with Crippen molar-refractivity contribution in [1.82, 2.24) is 4.90 Å². The molecular formula is C22H51Cl2IN2OS. The molecule has 3 nitrogen and oxygen atoms in total. The predicted molar refractivity (Wildman–Crippen MR) is 133 cm³/mol. The maximum atomic E-state index is 9.09. The lowest BCUT2D eigenvalue weighted by Crippen LogP contribution is -3.00. The molecule has 0 atom stereocenters. The minimum absolute atomic E-state index is 0. The molecule has 0 aliphatic heterocycles. The van der Waals surface area contributed by atoms with Crippen LogP contribution in [0.2, 0.25) is 0 Å². The lowest BCUT2D eigenvalue weighted by Gasteiger charge is -2.39. The van der Waals surface area contributed by atoms with Gasteiger partial charge in [-0.1, -0.05) is 74.1 Å². The van der Waals surface area contributed by atoms with E-state index in [1.165, 1.54) is 102 Å². The van der Waals surface area contributed by atoms with Crippen LogP contribution in [0.25, 0.3) is 0 Å². The zero-order chi connectivity index (χ0) is 22.3. The summed E-state index contributed by atoms with van der Waals surface area (Å²) in [6.45, 7) is 25.1. The molecule has 0 heterocycles. The fourth-order valence-electron chi connectivity index (χ4n) is 3.32. The van der Waals surface area contributed by atoms with Crippen LogP contribution in [0.5, 0.6) is 0 Å². The molecule has 182 valence electrons. The van der Waals surface area contributed by atoms with Crippen molar-refractivity contribution in [3.63, 3.8) is 0 Å². The van der Waals surface area contributed by atoms with E-state index in [1.807, 2.05) is 0 Å². The molecule has 7 heteroatoms. The van der Waals surface area contributed by atoms with Crippen LogP contribution in [0.4, 0.5) is 0 Å². The van der Waals surface area contributed by atoms with E-state index >= 15 is 0 Å². The van der Waals surface area contributed by atoms with Crippen molar-refractivity contribution in [2.75, 3.05) is 45.8 Å². The predicted octanol–water partition coefficient (Wildman–Crippen LogP) is 4.40. The summed E-state index contributed by atoms with van der Waals surface area (Å²) in [6, 6.07) is 0. The van der Waals surface area contributed by atoms with Gasteiger partial charge in [0.1, 0.15) is 0 Å². The van der Waals surface area contributed by atoms with Gasteiger partial charge in [-0.3, -0.25) is 0 Å². The molecular weight excluding hydrogens is 538 g/mol. The zero-order valence-corrected chi connectivity index (χ0v) is 24.9. The zero-order valence-electron chi connectivity index (χ0n) is 20.5. The van der Waals surface area contributed by atoms with Crippen molar-refractivity contribution >= 4 is 30.6 Å². The topological polar surface area (TPSA) is 20.3 Å². The number of hydrogen-bond acceptors (Lipinski definition) is 2. The second-order valence-corrected chi connectivity index (χ2v) is 9.98. The molecule has 0 bridgehead atoms. The molecule has 0 aliphatic rings. The Bertz CT molecular complexity index is 276. The third-order valence-corrected chi connectivity index (χ3v) is 5.29. The molecule has 0 fully saturated rings. The molecule has 0 aromatic rings. The van der Waals surface area contributed by atoms with Crippen LogP contribution >= 0.6 is 21.4 Å². The van der Waals surface area contributed by atoms with E-state index in [4.69, 9.17) is 4.21 Å². The van der Waals surface area contributed by atoms with E-state index in [1.54, 1.807) is 0 Å². The summed E-state index contributed by atoms with van der Waals surface area (Å²) >= 11 is 0. The molecule has 0 rings (SSSR count). The molecule has 0 amide bonds. The van der Waals surface area contributed by atoms with Crippen LogP contribution in [0.1, 0.15) is 99.8 Å². The summed E-state index contributed by atoms with van der Waals surface area (Å²) in [7, 11) is 7.36. The number of quaternary nitrogens is 1. The Morgan fingerprint density at radius 3 is 0.931 bits per heavy atom. The Hall–Kier alpha value is 1.38. The van der Waals surface area contributed by atoms with Crippen LogP contribution in [0.15, 0.2) is 0 Å². The summed E-state index contributed by atoms with van der Waals surface area (Å²) in [5, 5.41) is 0. The lowest BCUT2D eigenvalue weighted by molar-refractivity contribution is -0.929. The third-order valence-electron chi connectivity index (χ3n) is 5.29. The van der Waals surface area contributed by atoms with Crippen LogP contribution in [-0.2, 0) is 9.23 Å². The highest BCUT2D eigenvalue weighted by atomic mass is 127. The van der Waals surface area contributed by atoms with E-state index < -0.39 is 9.23 Å². The Morgan fingerprint density at radius 1 is 0.621 bits per heavy atom. The van der Waals surface area contributed by atoms with Crippen LogP contribution in [0.3, 0.4) is 0 Å². The molecule has 0 saturated heterocycles. The molecule has 0 aromatic heterocycles. The first kappa shape index (κ1) is 37.7. The van der Waals surface area contributed by atoms with Gasteiger partial charge in [0.25, 0.3) is 0 Å². The van der Waals surface area contributed by atoms with Crippen LogP contribution in [-0.4, -0.2) is 59.4 Å². The Morgan fingerprint density at radius 2 is 0.828 bits per heavy atom. The minimum atomic E-state index is -1.67. The van der Waals surface area contributed by atoms with Gasteiger partial charge in [-0.15, -0.1) is 0 Å². The molecule has 29 heavy (non-hydrogen) atoms. The SMILES string of the molecule is CCCC[N+](CCCC)(CCCC)CCCC.CCN(CC)CC.O=S(Cl)Cl.[I-]. The Kier molecular flexibility index (Phi) is 38.2. The summed E-state index contributed by atoms with van der Waals surface area (Å²) < 4.78 is 10.5. The molecule has 0 aliphatic carbocycles. The van der Waals surface area contributed by atoms with E-state index in [-0.39, 0.29) is 24.0 Å². The average Bonchev–Trinajstić information content (AvgIpc) is 2.68. The van der Waals surface area contributed by atoms with Crippen molar-refractivity contribution in [2.24, 2.45) is 0 Å². The van der Waals surface area contributed by atoms with Crippen molar-refractivity contribution < 1.29 is 32.7 Å². The molecule has 0 saturated carbocycles. The van der Waals surface area contributed by atoms with Gasteiger partial charge in [-0.25, -0.2) is 4.21 Å². The summed E-state index contributed by atoms with van der Waals surface area (Å²) in [6.07, 6.45) is 11.1. The lowest BCUT2D eigenvalue weighted by atomic mass is 10.1. The van der Waals surface area contributed by atoms with Crippen molar-refractivity contribution in [1.29, 1.82) is 0 Å². The first-order valence-electron chi connectivity index (χ1n) is 11.6. The van der Waals surface area contributed by atoms with Crippen molar-refractivity contribution in [3.05, 3.63) is 0 Å². The molecule has 0 radical (unpaired) electrons. The normalized spacial score (nSPS) is 10.7. The van der Waals surface area contributed by atoms with Gasteiger partial charge in [-0.2, -0.15) is 0 Å². The second kappa shape index (κ2) is 29.4. The standard InChI is InChI=1S/C16H36N.C6H15N.Cl2OS.HI/c1-5-9-13-17(14-10-6-2,15-11-7-3)16-12-8-4;1-4-7(5-2)6-3;1-4(2)3;/h5-16H2,1-4H3;4-6H2,1-3H3;;1H/q+1;;;/p-1. The van der Waals surface area contributed by atoms with Gasteiger partial charge in [0.05, 0.1) is 26.2 Å². The fourth-order valence-corrected chi connectivity index (χ4v) is 3.32. The van der Waals surface area contributed by atoms with E-state index in [9.17, 15) is 0 Å². The molecule has 0 N–H and O–H groups in total. The first-order chi connectivity index (χ1) is 13.3. The average molecular weight is 590 g/mol. The van der Waals surface area contributed by atoms with Gasteiger partial charge in [0.2, 0.25) is 9.23 Å². The first-order valence-corrected chi connectivity index (χ1v) is 14.4. The molecule has 0 aromatic carbocycles. The number of nitrogens with zero attached hydrogens (tertiary/aromatic N) is 2. The van der Waals surface area contributed by atoms with Crippen LogP contribution in [0, 0.1) is 0 Å². The summed E-state index contributed by atoms with van der Waals surface area (Å²) in [5.41, 5.74) is 0. The number of rotatable bonds is 15. The van der Waals surface area contributed by atoms with Gasteiger partial charge >= 0.3 is 0 Å². The smallest absolute Gasteiger partial charge is 0.211 e. The highest BCUT2D eigenvalue weighted by Gasteiger charge is 2.24. The largest absolute Gasteiger partial charge is 1.00 e. The molecule has 0 unspecified atom stereocenters. The Balaban J connectivity index is -0.000000216. The highest BCUT2D eigenvalue weighted by molar-refractivity contribution is 8.26. The van der Waals surface area contributed by atoms with E-state index in [2.05, 4.69) is 74.7 Å². The highest BCUT2D eigenvalue weighted by Crippen LogP contribution is 2.16. The fraction of sp³-hybridized carbons (Fsp3) is 1.00. The molecule has 0 spiro atoms. The van der Waals surface area contributed by atoms with Crippen molar-refractivity contribution in [2.45, 2.75) is 99.8 Å². The second-order valence-electron chi connectivity index (χ2n) is 7.45. The maximum absolute atomic E-state index is 9.09. The number of unbranched alkanes of at least 4 members (excludes halogenated alkanes) is 4. The van der Waals surface area contributed by atoms with Gasteiger partial charge in [-0.05, 0) is 45.3 Å². The maximum Gasteiger partial charge on any atom is 0.211 e. The quantitative estimate of drug-likeness (QED) is 0.161. The summed E-state index contributed by atoms with van der Waals surface area (Å²) in [4.78, 5) is 2.38.